The third-order valence-corrected chi connectivity index (χ3v) is 4.69. The molecular formula is C20H30N2O4. The van der Waals surface area contributed by atoms with Gasteiger partial charge in [0.2, 0.25) is 5.91 Å². The van der Waals surface area contributed by atoms with Crippen LogP contribution in [-0.4, -0.2) is 47.7 Å². The fourth-order valence-electron chi connectivity index (χ4n) is 3.16. The van der Waals surface area contributed by atoms with Crippen LogP contribution >= 0.6 is 0 Å². The van der Waals surface area contributed by atoms with Crippen molar-refractivity contribution < 1.29 is 19.4 Å². The fraction of sp³-hybridized carbons (Fsp3) is 0.600. The number of likely N-dealkylation sites (tertiary alicyclic amines) is 1. The van der Waals surface area contributed by atoms with Gasteiger partial charge in [-0.05, 0) is 36.7 Å². The standard InChI is InChI=1S/C20H30N2O4/c1-15(2)12-18(19(24)22-10-8-16(13-23)9-11-22)21-20(25)26-14-17-6-4-3-5-7-17/h3-7,15-16,18,23H,8-14H2,1-2H3,(H,21,25). The van der Waals surface area contributed by atoms with Crippen LogP contribution in [0.2, 0.25) is 0 Å². The number of hydrogen-bond donors (Lipinski definition) is 2. The third-order valence-electron chi connectivity index (χ3n) is 4.69. The third kappa shape index (κ3) is 6.33. The molecule has 2 N–H and O–H groups in total. The molecule has 1 aromatic carbocycles. The Balaban J connectivity index is 1.89. The molecule has 1 aliphatic rings. The first-order valence-electron chi connectivity index (χ1n) is 9.36. The molecule has 0 radical (unpaired) electrons. The highest BCUT2D eigenvalue weighted by atomic mass is 16.5. The molecule has 0 spiro atoms. The lowest BCUT2D eigenvalue weighted by Gasteiger charge is -2.34. The van der Waals surface area contributed by atoms with E-state index in [0.717, 1.165) is 18.4 Å². The molecule has 0 saturated carbocycles. The summed E-state index contributed by atoms with van der Waals surface area (Å²) in [6, 6.07) is 8.87. The first-order chi connectivity index (χ1) is 12.5. The zero-order valence-corrected chi connectivity index (χ0v) is 15.7. The summed E-state index contributed by atoms with van der Waals surface area (Å²) in [5.41, 5.74) is 0.903. The number of alkyl carbamates (subject to hydrolysis) is 1. The van der Waals surface area contributed by atoms with E-state index in [4.69, 9.17) is 4.74 Å². The highest BCUT2D eigenvalue weighted by molar-refractivity contribution is 5.85. The number of carbonyl (C=O) groups is 2. The first-order valence-corrected chi connectivity index (χ1v) is 9.36. The Kier molecular flexibility index (Phi) is 7.91. The van der Waals surface area contributed by atoms with Gasteiger partial charge in [0.25, 0.3) is 0 Å². The SMILES string of the molecule is CC(C)CC(NC(=O)OCc1ccccc1)C(=O)N1CCC(CO)CC1. The van der Waals surface area contributed by atoms with E-state index in [0.29, 0.717) is 19.5 Å². The van der Waals surface area contributed by atoms with Gasteiger partial charge in [-0.1, -0.05) is 44.2 Å². The molecule has 0 aromatic heterocycles. The minimum absolute atomic E-state index is 0.0632. The summed E-state index contributed by atoms with van der Waals surface area (Å²) in [5.74, 6) is 0.478. The second kappa shape index (κ2) is 10.2. The van der Waals surface area contributed by atoms with Crippen LogP contribution < -0.4 is 5.32 Å². The lowest BCUT2D eigenvalue weighted by atomic mass is 9.96. The quantitative estimate of drug-likeness (QED) is 0.781. The number of rotatable bonds is 7. The Morgan fingerprint density at radius 3 is 2.46 bits per heavy atom. The minimum Gasteiger partial charge on any atom is -0.445 e. The van der Waals surface area contributed by atoms with Crippen LogP contribution in [0.3, 0.4) is 0 Å². The van der Waals surface area contributed by atoms with Crippen LogP contribution in [0, 0.1) is 11.8 Å². The molecule has 0 aliphatic carbocycles. The van der Waals surface area contributed by atoms with E-state index in [2.05, 4.69) is 5.32 Å². The van der Waals surface area contributed by atoms with Crippen molar-refractivity contribution in [2.75, 3.05) is 19.7 Å². The normalized spacial score (nSPS) is 16.4. The highest BCUT2D eigenvalue weighted by Gasteiger charge is 2.30. The molecule has 1 atom stereocenters. The van der Waals surface area contributed by atoms with Crippen LogP contribution in [0.15, 0.2) is 30.3 Å². The number of piperidine rings is 1. The highest BCUT2D eigenvalue weighted by Crippen LogP contribution is 2.18. The summed E-state index contributed by atoms with van der Waals surface area (Å²) < 4.78 is 5.26. The molecule has 0 bridgehead atoms. The maximum Gasteiger partial charge on any atom is 0.408 e. The van der Waals surface area contributed by atoms with E-state index in [-0.39, 0.29) is 31.0 Å². The van der Waals surface area contributed by atoms with Crippen LogP contribution in [0.5, 0.6) is 0 Å². The Morgan fingerprint density at radius 1 is 1.23 bits per heavy atom. The molecule has 26 heavy (non-hydrogen) atoms. The van der Waals surface area contributed by atoms with Gasteiger partial charge in [-0.15, -0.1) is 0 Å². The van der Waals surface area contributed by atoms with E-state index in [9.17, 15) is 14.7 Å². The lowest BCUT2D eigenvalue weighted by Crippen LogP contribution is -2.51. The summed E-state index contributed by atoms with van der Waals surface area (Å²) in [6.07, 6.45) is 1.60. The zero-order valence-electron chi connectivity index (χ0n) is 15.7. The van der Waals surface area contributed by atoms with Gasteiger partial charge in [0, 0.05) is 19.7 Å². The number of carbonyl (C=O) groups excluding carboxylic acids is 2. The number of ether oxygens (including phenoxy) is 1. The van der Waals surface area contributed by atoms with Crippen LogP contribution in [0.25, 0.3) is 0 Å². The van der Waals surface area contributed by atoms with Crippen molar-refractivity contribution in [2.45, 2.75) is 45.8 Å². The van der Waals surface area contributed by atoms with E-state index in [1.54, 1.807) is 4.90 Å². The Hall–Kier alpha value is -2.08. The van der Waals surface area contributed by atoms with E-state index < -0.39 is 12.1 Å². The van der Waals surface area contributed by atoms with Crippen molar-refractivity contribution >= 4 is 12.0 Å². The van der Waals surface area contributed by atoms with Crippen molar-refractivity contribution in [3.63, 3.8) is 0 Å². The van der Waals surface area contributed by atoms with Gasteiger partial charge in [-0.2, -0.15) is 0 Å². The summed E-state index contributed by atoms with van der Waals surface area (Å²) in [6.45, 7) is 5.64. The Morgan fingerprint density at radius 2 is 1.88 bits per heavy atom. The molecule has 1 heterocycles. The summed E-state index contributed by atoms with van der Waals surface area (Å²) in [7, 11) is 0. The summed E-state index contributed by atoms with van der Waals surface area (Å²) in [5, 5.41) is 12.0. The topological polar surface area (TPSA) is 78.9 Å². The number of hydrogen-bond acceptors (Lipinski definition) is 4. The minimum atomic E-state index is -0.580. The number of nitrogens with one attached hydrogen (secondary N) is 1. The van der Waals surface area contributed by atoms with Gasteiger partial charge < -0.3 is 20.1 Å². The van der Waals surface area contributed by atoms with Crippen molar-refractivity contribution in [2.24, 2.45) is 11.8 Å². The maximum absolute atomic E-state index is 12.8. The maximum atomic E-state index is 12.8. The van der Waals surface area contributed by atoms with Crippen LogP contribution in [0.4, 0.5) is 4.79 Å². The van der Waals surface area contributed by atoms with Gasteiger partial charge in [0.05, 0.1) is 0 Å². The predicted molar refractivity (Wildman–Crippen MR) is 99.4 cm³/mol. The first kappa shape index (κ1) is 20.2. The molecule has 2 rings (SSSR count). The second-order valence-corrected chi connectivity index (χ2v) is 7.34. The van der Waals surface area contributed by atoms with Crippen molar-refractivity contribution in [1.29, 1.82) is 0 Å². The average Bonchev–Trinajstić information content (AvgIpc) is 2.66. The molecule has 144 valence electrons. The predicted octanol–water partition coefficient (Wildman–Crippen LogP) is 2.56. The van der Waals surface area contributed by atoms with Gasteiger partial charge in [-0.3, -0.25) is 4.79 Å². The van der Waals surface area contributed by atoms with E-state index in [1.165, 1.54) is 0 Å². The Bertz CT molecular complexity index is 568. The molecule has 1 saturated heterocycles. The molecule has 1 unspecified atom stereocenters. The molecule has 2 amide bonds. The molecule has 1 fully saturated rings. The zero-order chi connectivity index (χ0) is 18.9. The molecular weight excluding hydrogens is 332 g/mol. The van der Waals surface area contributed by atoms with Crippen molar-refractivity contribution in [1.82, 2.24) is 10.2 Å². The summed E-state index contributed by atoms with van der Waals surface area (Å²) in [4.78, 5) is 26.8. The van der Waals surface area contributed by atoms with Gasteiger partial charge in [0.1, 0.15) is 12.6 Å². The van der Waals surface area contributed by atoms with E-state index >= 15 is 0 Å². The summed E-state index contributed by atoms with van der Waals surface area (Å²) >= 11 is 0. The molecule has 6 nitrogen and oxygen atoms in total. The number of aliphatic hydroxyl groups excluding tert-OH is 1. The largest absolute Gasteiger partial charge is 0.445 e. The van der Waals surface area contributed by atoms with Gasteiger partial charge >= 0.3 is 6.09 Å². The van der Waals surface area contributed by atoms with Crippen LogP contribution in [0.1, 0.15) is 38.7 Å². The number of aliphatic hydroxyl groups is 1. The number of nitrogens with zero attached hydrogens (tertiary/aromatic N) is 1. The number of amides is 2. The smallest absolute Gasteiger partial charge is 0.408 e. The monoisotopic (exact) mass is 362 g/mol. The van der Waals surface area contributed by atoms with Crippen LogP contribution in [-0.2, 0) is 16.1 Å². The number of benzene rings is 1. The van der Waals surface area contributed by atoms with Crippen molar-refractivity contribution in [3.8, 4) is 0 Å². The molecule has 1 aromatic rings. The lowest BCUT2D eigenvalue weighted by molar-refractivity contribution is -0.135. The molecule has 1 aliphatic heterocycles. The van der Waals surface area contributed by atoms with E-state index in [1.807, 2.05) is 44.2 Å². The second-order valence-electron chi connectivity index (χ2n) is 7.34. The van der Waals surface area contributed by atoms with Gasteiger partial charge in [0.15, 0.2) is 0 Å². The van der Waals surface area contributed by atoms with Gasteiger partial charge in [-0.25, -0.2) is 4.79 Å². The Labute approximate surface area is 155 Å². The average molecular weight is 362 g/mol. The van der Waals surface area contributed by atoms with Crippen molar-refractivity contribution in [3.05, 3.63) is 35.9 Å². The molecule has 6 heteroatoms. The fourth-order valence-corrected chi connectivity index (χ4v) is 3.16.